The number of halogens is 1. The Kier molecular flexibility index (Phi) is 5.24. The Morgan fingerprint density at radius 3 is 2.64 bits per heavy atom. The SMILES string of the molecule is CCOc1ccc(N2C[C@H](C(=O)Nc3ccccc3Cl)CC2=O)cc1. The molecule has 0 saturated carbocycles. The van der Waals surface area contributed by atoms with E-state index in [9.17, 15) is 9.59 Å². The number of hydrogen-bond donors (Lipinski definition) is 1. The Morgan fingerprint density at radius 1 is 1.24 bits per heavy atom. The Hall–Kier alpha value is -2.53. The van der Waals surface area contributed by atoms with Gasteiger partial charge in [-0.3, -0.25) is 9.59 Å². The Balaban J connectivity index is 1.67. The summed E-state index contributed by atoms with van der Waals surface area (Å²) >= 11 is 6.06. The molecule has 2 aromatic rings. The Labute approximate surface area is 151 Å². The molecule has 2 aromatic carbocycles. The van der Waals surface area contributed by atoms with Gasteiger partial charge in [-0.25, -0.2) is 0 Å². The average Bonchev–Trinajstić information content (AvgIpc) is 3.00. The summed E-state index contributed by atoms with van der Waals surface area (Å²) in [5.41, 5.74) is 1.32. The number of nitrogens with one attached hydrogen (secondary N) is 1. The van der Waals surface area contributed by atoms with Crippen LogP contribution in [-0.2, 0) is 9.59 Å². The van der Waals surface area contributed by atoms with Crippen LogP contribution in [-0.4, -0.2) is 25.0 Å². The minimum atomic E-state index is -0.407. The molecule has 0 bridgehead atoms. The van der Waals surface area contributed by atoms with E-state index in [2.05, 4.69) is 5.32 Å². The van der Waals surface area contributed by atoms with Crippen molar-refractivity contribution >= 4 is 34.8 Å². The fourth-order valence-electron chi connectivity index (χ4n) is 2.82. The average molecular weight is 359 g/mol. The van der Waals surface area contributed by atoms with Crippen LogP contribution in [0.3, 0.4) is 0 Å². The predicted octanol–water partition coefficient (Wildman–Crippen LogP) is 3.73. The topological polar surface area (TPSA) is 58.6 Å². The molecule has 130 valence electrons. The molecule has 0 unspecified atom stereocenters. The van der Waals surface area contributed by atoms with Crippen LogP contribution in [0.4, 0.5) is 11.4 Å². The summed E-state index contributed by atoms with van der Waals surface area (Å²) in [7, 11) is 0. The second-order valence-corrected chi connectivity index (χ2v) is 6.21. The molecule has 1 aliphatic rings. The van der Waals surface area contributed by atoms with E-state index >= 15 is 0 Å². The van der Waals surface area contributed by atoms with Gasteiger partial charge < -0.3 is 15.0 Å². The van der Waals surface area contributed by atoms with Crippen molar-refractivity contribution < 1.29 is 14.3 Å². The molecule has 1 N–H and O–H groups in total. The fourth-order valence-corrected chi connectivity index (χ4v) is 3.00. The molecule has 1 fully saturated rings. The molecular formula is C19H19ClN2O3. The lowest BCUT2D eigenvalue weighted by molar-refractivity contribution is -0.122. The van der Waals surface area contributed by atoms with Crippen molar-refractivity contribution in [2.24, 2.45) is 5.92 Å². The number of rotatable bonds is 5. The number of ether oxygens (including phenoxy) is 1. The smallest absolute Gasteiger partial charge is 0.229 e. The third-order valence-corrected chi connectivity index (χ3v) is 4.42. The normalized spacial score (nSPS) is 16.8. The third-order valence-electron chi connectivity index (χ3n) is 4.09. The molecule has 0 aliphatic carbocycles. The van der Waals surface area contributed by atoms with Gasteiger partial charge in [-0.05, 0) is 43.3 Å². The van der Waals surface area contributed by atoms with E-state index < -0.39 is 5.92 Å². The number of amides is 2. The zero-order valence-electron chi connectivity index (χ0n) is 13.9. The molecule has 6 heteroatoms. The second-order valence-electron chi connectivity index (χ2n) is 5.80. The molecule has 5 nitrogen and oxygen atoms in total. The molecule has 3 rings (SSSR count). The van der Waals surface area contributed by atoms with Gasteiger partial charge in [0.1, 0.15) is 5.75 Å². The monoisotopic (exact) mass is 358 g/mol. The van der Waals surface area contributed by atoms with Gasteiger partial charge in [-0.15, -0.1) is 0 Å². The second kappa shape index (κ2) is 7.57. The number of para-hydroxylation sites is 1. The molecule has 0 spiro atoms. The van der Waals surface area contributed by atoms with E-state index in [1.807, 2.05) is 31.2 Å². The molecule has 1 saturated heterocycles. The number of carbonyl (C=O) groups is 2. The highest BCUT2D eigenvalue weighted by Crippen LogP contribution is 2.28. The minimum Gasteiger partial charge on any atom is -0.494 e. The molecule has 1 atom stereocenters. The van der Waals surface area contributed by atoms with Crippen molar-refractivity contribution in [2.45, 2.75) is 13.3 Å². The molecule has 0 radical (unpaired) electrons. The molecule has 25 heavy (non-hydrogen) atoms. The maximum atomic E-state index is 12.5. The molecular weight excluding hydrogens is 340 g/mol. The fraction of sp³-hybridized carbons (Fsp3) is 0.263. The van der Waals surface area contributed by atoms with Crippen LogP contribution in [0.15, 0.2) is 48.5 Å². The van der Waals surface area contributed by atoms with Gasteiger partial charge in [0.05, 0.1) is 23.2 Å². The lowest BCUT2D eigenvalue weighted by Gasteiger charge is -2.17. The highest BCUT2D eigenvalue weighted by atomic mass is 35.5. The van der Waals surface area contributed by atoms with Gasteiger partial charge >= 0.3 is 0 Å². The van der Waals surface area contributed by atoms with Crippen molar-refractivity contribution in [3.05, 3.63) is 53.6 Å². The van der Waals surface area contributed by atoms with Crippen LogP contribution in [0.5, 0.6) is 5.75 Å². The Morgan fingerprint density at radius 2 is 1.96 bits per heavy atom. The first-order valence-electron chi connectivity index (χ1n) is 8.17. The van der Waals surface area contributed by atoms with Gasteiger partial charge in [-0.1, -0.05) is 23.7 Å². The van der Waals surface area contributed by atoms with Gasteiger partial charge in [-0.2, -0.15) is 0 Å². The van der Waals surface area contributed by atoms with E-state index in [4.69, 9.17) is 16.3 Å². The largest absolute Gasteiger partial charge is 0.494 e. The summed E-state index contributed by atoms with van der Waals surface area (Å²) in [5, 5.41) is 3.28. The molecule has 2 amide bonds. The predicted molar refractivity (Wildman–Crippen MR) is 98.2 cm³/mol. The summed E-state index contributed by atoms with van der Waals surface area (Å²) in [6.45, 7) is 2.86. The molecule has 1 aliphatic heterocycles. The first-order chi connectivity index (χ1) is 12.1. The van der Waals surface area contributed by atoms with E-state index in [1.165, 1.54) is 0 Å². The first kappa shape index (κ1) is 17.3. The van der Waals surface area contributed by atoms with Gasteiger partial charge in [0, 0.05) is 18.7 Å². The van der Waals surface area contributed by atoms with Crippen LogP contribution in [0.25, 0.3) is 0 Å². The Bertz CT molecular complexity index is 776. The number of nitrogens with zero attached hydrogens (tertiary/aromatic N) is 1. The zero-order chi connectivity index (χ0) is 17.8. The van der Waals surface area contributed by atoms with Crippen LogP contribution in [0.2, 0.25) is 5.02 Å². The van der Waals surface area contributed by atoms with E-state index in [0.717, 1.165) is 11.4 Å². The van der Waals surface area contributed by atoms with Crippen molar-refractivity contribution in [2.75, 3.05) is 23.4 Å². The summed E-state index contributed by atoms with van der Waals surface area (Å²) in [4.78, 5) is 26.4. The highest BCUT2D eigenvalue weighted by Gasteiger charge is 2.35. The van der Waals surface area contributed by atoms with Gasteiger partial charge in [0.15, 0.2) is 0 Å². The van der Waals surface area contributed by atoms with Crippen LogP contribution < -0.4 is 15.0 Å². The van der Waals surface area contributed by atoms with Crippen LogP contribution in [0.1, 0.15) is 13.3 Å². The lowest BCUT2D eigenvalue weighted by atomic mass is 10.1. The number of anilines is 2. The maximum Gasteiger partial charge on any atom is 0.229 e. The highest BCUT2D eigenvalue weighted by molar-refractivity contribution is 6.33. The van der Waals surface area contributed by atoms with Crippen molar-refractivity contribution in [1.82, 2.24) is 0 Å². The van der Waals surface area contributed by atoms with E-state index in [0.29, 0.717) is 23.9 Å². The van der Waals surface area contributed by atoms with Crippen molar-refractivity contribution in [3.63, 3.8) is 0 Å². The summed E-state index contributed by atoms with van der Waals surface area (Å²) < 4.78 is 5.41. The number of hydrogen-bond acceptors (Lipinski definition) is 3. The third kappa shape index (κ3) is 3.94. The standard InChI is InChI=1S/C19H19ClN2O3/c1-2-25-15-9-7-14(8-10-15)22-12-13(11-18(22)23)19(24)21-17-6-4-3-5-16(17)20/h3-10,13H,2,11-12H2,1H3,(H,21,24)/t13-/m1/s1. The quantitative estimate of drug-likeness (QED) is 0.886. The zero-order valence-corrected chi connectivity index (χ0v) is 14.6. The van der Waals surface area contributed by atoms with Gasteiger partial charge in [0.2, 0.25) is 11.8 Å². The van der Waals surface area contributed by atoms with Crippen molar-refractivity contribution in [3.8, 4) is 5.75 Å². The molecule has 1 heterocycles. The maximum absolute atomic E-state index is 12.5. The van der Waals surface area contributed by atoms with E-state index in [1.54, 1.807) is 29.2 Å². The van der Waals surface area contributed by atoms with Crippen molar-refractivity contribution in [1.29, 1.82) is 0 Å². The molecule has 0 aromatic heterocycles. The van der Waals surface area contributed by atoms with E-state index in [-0.39, 0.29) is 18.2 Å². The summed E-state index contributed by atoms with van der Waals surface area (Å²) in [5.74, 6) is 0.0830. The first-order valence-corrected chi connectivity index (χ1v) is 8.55. The summed E-state index contributed by atoms with van der Waals surface area (Å²) in [6.07, 6.45) is 0.184. The van der Waals surface area contributed by atoms with Crippen LogP contribution in [0, 0.1) is 5.92 Å². The number of carbonyl (C=O) groups excluding carboxylic acids is 2. The lowest BCUT2D eigenvalue weighted by Crippen LogP contribution is -2.28. The minimum absolute atomic E-state index is 0.0662. The number of benzene rings is 2. The van der Waals surface area contributed by atoms with Crippen LogP contribution >= 0.6 is 11.6 Å². The van der Waals surface area contributed by atoms with Gasteiger partial charge in [0.25, 0.3) is 0 Å². The summed E-state index contributed by atoms with van der Waals surface area (Å²) in [6, 6.07) is 14.4.